The number of carbonyl (C=O) groups is 1. The SMILES string of the molecule is CC(C)CC(=O)NC1CCCCN1. The van der Waals surface area contributed by atoms with Gasteiger partial charge in [0.2, 0.25) is 5.91 Å². The quantitative estimate of drug-likeness (QED) is 0.693. The molecule has 0 saturated carbocycles. The van der Waals surface area contributed by atoms with Crippen LogP contribution in [0, 0.1) is 5.92 Å². The largest absolute Gasteiger partial charge is 0.341 e. The van der Waals surface area contributed by atoms with E-state index < -0.39 is 0 Å². The van der Waals surface area contributed by atoms with E-state index in [9.17, 15) is 4.79 Å². The van der Waals surface area contributed by atoms with Crippen LogP contribution in [0.25, 0.3) is 0 Å². The van der Waals surface area contributed by atoms with Gasteiger partial charge in [0.25, 0.3) is 0 Å². The lowest BCUT2D eigenvalue weighted by molar-refractivity contribution is -0.122. The molecule has 1 rings (SSSR count). The molecule has 0 aromatic heterocycles. The van der Waals surface area contributed by atoms with E-state index >= 15 is 0 Å². The van der Waals surface area contributed by atoms with E-state index in [4.69, 9.17) is 0 Å². The molecule has 1 aliphatic heterocycles. The van der Waals surface area contributed by atoms with Crippen molar-refractivity contribution >= 4 is 5.91 Å². The van der Waals surface area contributed by atoms with Gasteiger partial charge in [-0.15, -0.1) is 0 Å². The van der Waals surface area contributed by atoms with Crippen LogP contribution in [0.5, 0.6) is 0 Å². The van der Waals surface area contributed by atoms with Gasteiger partial charge >= 0.3 is 0 Å². The van der Waals surface area contributed by atoms with Gasteiger partial charge in [0.05, 0.1) is 6.17 Å². The van der Waals surface area contributed by atoms with Gasteiger partial charge in [-0.3, -0.25) is 10.1 Å². The molecule has 1 fully saturated rings. The van der Waals surface area contributed by atoms with Gasteiger partial charge in [0.1, 0.15) is 0 Å². The minimum Gasteiger partial charge on any atom is -0.341 e. The lowest BCUT2D eigenvalue weighted by Gasteiger charge is -2.24. The molecule has 1 atom stereocenters. The zero-order valence-corrected chi connectivity index (χ0v) is 8.60. The first kappa shape index (κ1) is 10.5. The van der Waals surface area contributed by atoms with Crippen molar-refractivity contribution in [2.24, 2.45) is 5.92 Å². The van der Waals surface area contributed by atoms with Crippen molar-refractivity contribution in [2.75, 3.05) is 6.54 Å². The van der Waals surface area contributed by atoms with Gasteiger partial charge in [-0.05, 0) is 31.7 Å². The van der Waals surface area contributed by atoms with Crippen molar-refractivity contribution in [3.63, 3.8) is 0 Å². The second-order valence-corrected chi connectivity index (χ2v) is 4.17. The molecule has 3 nitrogen and oxygen atoms in total. The van der Waals surface area contributed by atoms with E-state index in [-0.39, 0.29) is 12.1 Å². The average molecular weight is 184 g/mol. The highest BCUT2D eigenvalue weighted by Gasteiger charge is 2.14. The van der Waals surface area contributed by atoms with Crippen molar-refractivity contribution in [3.8, 4) is 0 Å². The Kier molecular flexibility index (Phi) is 4.22. The molecule has 0 bridgehead atoms. The van der Waals surface area contributed by atoms with Crippen molar-refractivity contribution in [3.05, 3.63) is 0 Å². The molecule has 1 unspecified atom stereocenters. The summed E-state index contributed by atoms with van der Waals surface area (Å²) in [7, 11) is 0. The van der Waals surface area contributed by atoms with Crippen LogP contribution < -0.4 is 10.6 Å². The highest BCUT2D eigenvalue weighted by molar-refractivity contribution is 5.76. The molecule has 0 aromatic carbocycles. The van der Waals surface area contributed by atoms with Gasteiger partial charge < -0.3 is 5.32 Å². The molecule has 0 spiro atoms. The van der Waals surface area contributed by atoms with E-state index in [2.05, 4.69) is 24.5 Å². The van der Waals surface area contributed by atoms with E-state index in [1.54, 1.807) is 0 Å². The highest BCUT2D eigenvalue weighted by atomic mass is 16.1. The first-order valence-corrected chi connectivity index (χ1v) is 5.21. The zero-order valence-electron chi connectivity index (χ0n) is 8.60. The van der Waals surface area contributed by atoms with Crippen molar-refractivity contribution < 1.29 is 4.79 Å². The summed E-state index contributed by atoms with van der Waals surface area (Å²) in [5.41, 5.74) is 0. The Bertz CT molecular complexity index is 162. The fourth-order valence-electron chi connectivity index (χ4n) is 1.60. The van der Waals surface area contributed by atoms with Crippen molar-refractivity contribution in [1.29, 1.82) is 0 Å². The van der Waals surface area contributed by atoms with Crippen LogP contribution in [0.15, 0.2) is 0 Å². The van der Waals surface area contributed by atoms with Gasteiger partial charge in [0, 0.05) is 6.42 Å². The number of hydrogen-bond donors (Lipinski definition) is 2. The Morgan fingerprint density at radius 2 is 2.31 bits per heavy atom. The topological polar surface area (TPSA) is 41.1 Å². The maximum atomic E-state index is 11.4. The molecule has 76 valence electrons. The molecule has 0 aromatic rings. The smallest absolute Gasteiger partial charge is 0.221 e. The molecule has 2 N–H and O–H groups in total. The fraction of sp³-hybridized carbons (Fsp3) is 0.900. The minimum atomic E-state index is 0.175. The lowest BCUT2D eigenvalue weighted by atomic mass is 10.1. The monoisotopic (exact) mass is 184 g/mol. The van der Waals surface area contributed by atoms with Crippen molar-refractivity contribution in [2.45, 2.75) is 45.7 Å². The van der Waals surface area contributed by atoms with Gasteiger partial charge in [-0.25, -0.2) is 0 Å². The number of nitrogens with one attached hydrogen (secondary N) is 2. The molecule has 1 amide bonds. The van der Waals surface area contributed by atoms with Crippen LogP contribution in [0.3, 0.4) is 0 Å². The van der Waals surface area contributed by atoms with E-state index in [0.29, 0.717) is 12.3 Å². The molecule has 13 heavy (non-hydrogen) atoms. The molecule has 1 aliphatic rings. The second kappa shape index (κ2) is 5.22. The summed E-state index contributed by atoms with van der Waals surface area (Å²) in [5, 5.41) is 6.29. The normalized spacial score (nSPS) is 23.2. The second-order valence-electron chi connectivity index (χ2n) is 4.17. The van der Waals surface area contributed by atoms with Crippen LogP contribution >= 0.6 is 0 Å². The Hall–Kier alpha value is -0.570. The summed E-state index contributed by atoms with van der Waals surface area (Å²) in [4.78, 5) is 11.4. The average Bonchev–Trinajstić information content (AvgIpc) is 2.04. The maximum absolute atomic E-state index is 11.4. The van der Waals surface area contributed by atoms with Gasteiger partial charge in [-0.1, -0.05) is 13.8 Å². The molecular weight excluding hydrogens is 164 g/mol. The number of piperidine rings is 1. The molecular formula is C10H20N2O. The third-order valence-electron chi connectivity index (χ3n) is 2.24. The predicted molar refractivity (Wildman–Crippen MR) is 53.2 cm³/mol. The fourth-order valence-corrected chi connectivity index (χ4v) is 1.60. The number of carbonyl (C=O) groups excluding carboxylic acids is 1. The molecule has 1 saturated heterocycles. The van der Waals surface area contributed by atoms with Gasteiger partial charge in [0.15, 0.2) is 0 Å². The molecule has 3 heteroatoms. The van der Waals surface area contributed by atoms with Crippen LogP contribution in [0.2, 0.25) is 0 Å². The van der Waals surface area contributed by atoms with E-state index in [0.717, 1.165) is 13.0 Å². The Morgan fingerprint density at radius 3 is 2.85 bits per heavy atom. The Labute approximate surface area is 80.3 Å². The number of amides is 1. The van der Waals surface area contributed by atoms with Crippen LogP contribution in [0.1, 0.15) is 39.5 Å². The molecule has 0 aliphatic carbocycles. The summed E-state index contributed by atoms with van der Waals surface area (Å²) in [5.74, 6) is 0.623. The maximum Gasteiger partial charge on any atom is 0.221 e. The summed E-state index contributed by atoms with van der Waals surface area (Å²) >= 11 is 0. The van der Waals surface area contributed by atoms with Crippen LogP contribution in [0.4, 0.5) is 0 Å². The lowest BCUT2D eigenvalue weighted by Crippen LogP contribution is -2.48. The van der Waals surface area contributed by atoms with E-state index in [1.807, 2.05) is 0 Å². The third kappa shape index (κ3) is 4.27. The summed E-state index contributed by atoms with van der Waals surface area (Å²) < 4.78 is 0. The molecule has 0 radical (unpaired) electrons. The summed E-state index contributed by atoms with van der Waals surface area (Å²) in [6.45, 7) is 5.16. The summed E-state index contributed by atoms with van der Waals surface area (Å²) in [6.07, 6.45) is 4.39. The minimum absolute atomic E-state index is 0.175. The van der Waals surface area contributed by atoms with Crippen LogP contribution in [-0.4, -0.2) is 18.6 Å². The van der Waals surface area contributed by atoms with E-state index in [1.165, 1.54) is 12.8 Å². The predicted octanol–water partition coefficient (Wildman–Crippen LogP) is 1.25. The Balaban J connectivity index is 2.18. The molecule has 1 heterocycles. The van der Waals surface area contributed by atoms with Crippen LogP contribution in [-0.2, 0) is 4.79 Å². The summed E-state index contributed by atoms with van der Waals surface area (Å²) in [6, 6.07) is 0. The first-order chi connectivity index (χ1) is 6.18. The first-order valence-electron chi connectivity index (χ1n) is 5.21. The van der Waals surface area contributed by atoms with Gasteiger partial charge in [-0.2, -0.15) is 0 Å². The van der Waals surface area contributed by atoms with Crippen molar-refractivity contribution in [1.82, 2.24) is 10.6 Å². The number of rotatable bonds is 3. The third-order valence-corrected chi connectivity index (χ3v) is 2.24. The zero-order chi connectivity index (χ0) is 9.68. The standard InChI is InChI=1S/C10H20N2O/c1-8(2)7-10(13)12-9-5-3-4-6-11-9/h8-9,11H,3-7H2,1-2H3,(H,12,13). The highest BCUT2D eigenvalue weighted by Crippen LogP contribution is 2.05. The number of hydrogen-bond acceptors (Lipinski definition) is 2. The Morgan fingerprint density at radius 1 is 1.54 bits per heavy atom.